The van der Waals surface area contributed by atoms with Crippen molar-refractivity contribution in [1.82, 2.24) is 10.3 Å². The average Bonchev–Trinajstić information content (AvgIpc) is 3.64. The molecule has 0 aliphatic carbocycles. The number of hydrogen-bond donors (Lipinski definition) is 2. The lowest BCUT2D eigenvalue weighted by Crippen LogP contribution is -2.34. The summed E-state index contributed by atoms with van der Waals surface area (Å²) in [5.41, 5.74) is 8.17. The van der Waals surface area contributed by atoms with E-state index in [1.807, 2.05) is 133 Å². The normalized spacial score (nSPS) is 17.4. The van der Waals surface area contributed by atoms with E-state index in [0.717, 1.165) is 56.0 Å². The van der Waals surface area contributed by atoms with Gasteiger partial charge in [0.25, 0.3) is 14.9 Å². The summed E-state index contributed by atoms with van der Waals surface area (Å²) in [6, 6.07) is 43.6. The zero-order chi connectivity index (χ0) is 36.8. The van der Waals surface area contributed by atoms with Gasteiger partial charge in [-0.2, -0.15) is 0 Å². The lowest BCUT2D eigenvalue weighted by atomic mass is 9.98. The molecule has 3 atom stereocenters. The molecule has 1 amide bonds. The first-order valence-corrected chi connectivity index (χ1v) is 19.2. The smallest absolute Gasteiger partial charge is 0.272 e. The van der Waals surface area contributed by atoms with Crippen LogP contribution in [-0.4, -0.2) is 31.6 Å². The zero-order valence-electron chi connectivity index (χ0n) is 28.3. The lowest BCUT2D eigenvalue weighted by Gasteiger charge is -2.36. The van der Waals surface area contributed by atoms with Crippen molar-refractivity contribution in [3.63, 3.8) is 0 Å². The van der Waals surface area contributed by atoms with E-state index in [4.69, 9.17) is 53.7 Å². The van der Waals surface area contributed by atoms with E-state index in [0.29, 0.717) is 17.4 Å². The first-order valence-electron chi connectivity index (χ1n) is 17.0. The van der Waals surface area contributed by atoms with Crippen LogP contribution in [0.1, 0.15) is 41.1 Å². The van der Waals surface area contributed by atoms with Gasteiger partial charge in [-0.25, -0.2) is 4.98 Å². The summed E-state index contributed by atoms with van der Waals surface area (Å²) in [5, 5.41) is 12.9. The standard InChI is InChI=1S/C42H35Cl3N2O5S/c43-42(44,45)40(49)46-24-33-13-7-8-14-35(33)28-19-21-32(22-20-28)39-50-34(23-36(51-39)29-17-15-27(25-48)16-18-29)26-53-41-47-37(30-9-3-1-4-10-30)38(52-41)31-11-5-2-6-12-31/h1-22,34,36,39,48H,23-26H2,(H,46,49)/t34-,36+,39+/m0/s1. The first-order chi connectivity index (χ1) is 25.7. The third-order valence-electron chi connectivity index (χ3n) is 8.91. The molecule has 2 heterocycles. The number of nitrogens with zero attached hydrogens (tertiary/aromatic N) is 1. The molecule has 0 bridgehead atoms. The highest BCUT2D eigenvalue weighted by atomic mass is 35.6. The zero-order valence-corrected chi connectivity index (χ0v) is 31.4. The minimum absolute atomic E-state index is 0.0301. The number of aliphatic hydroxyl groups excluding tert-OH is 1. The number of nitrogens with one attached hydrogen (secondary N) is 1. The summed E-state index contributed by atoms with van der Waals surface area (Å²) >= 11 is 18.8. The molecule has 7 rings (SSSR count). The van der Waals surface area contributed by atoms with E-state index < -0.39 is 16.0 Å². The maximum Gasteiger partial charge on any atom is 0.272 e. The Morgan fingerprint density at radius 2 is 1.42 bits per heavy atom. The summed E-state index contributed by atoms with van der Waals surface area (Å²) in [4.78, 5) is 17.1. The Kier molecular flexibility index (Phi) is 11.9. The van der Waals surface area contributed by atoms with Crippen molar-refractivity contribution in [2.24, 2.45) is 0 Å². The Balaban J connectivity index is 1.12. The van der Waals surface area contributed by atoms with Crippen LogP contribution in [0, 0.1) is 0 Å². The topological polar surface area (TPSA) is 93.8 Å². The summed E-state index contributed by atoms with van der Waals surface area (Å²) in [7, 11) is 0. The number of carbonyl (C=O) groups is 1. The van der Waals surface area contributed by atoms with Gasteiger partial charge in [0.2, 0.25) is 0 Å². The minimum atomic E-state index is -2.05. The molecule has 7 nitrogen and oxygen atoms in total. The predicted octanol–water partition coefficient (Wildman–Crippen LogP) is 10.5. The number of amides is 1. The maximum atomic E-state index is 12.2. The maximum absolute atomic E-state index is 12.2. The van der Waals surface area contributed by atoms with Crippen molar-refractivity contribution in [2.75, 3.05) is 5.75 Å². The van der Waals surface area contributed by atoms with E-state index in [1.54, 1.807) is 0 Å². The second-order valence-corrected chi connectivity index (χ2v) is 15.8. The van der Waals surface area contributed by atoms with E-state index in [9.17, 15) is 9.90 Å². The number of benzene rings is 5. The second-order valence-electron chi connectivity index (χ2n) is 12.5. The number of aliphatic hydroxyl groups is 1. The molecule has 11 heteroatoms. The number of hydrogen-bond acceptors (Lipinski definition) is 7. The molecule has 2 N–H and O–H groups in total. The van der Waals surface area contributed by atoms with Gasteiger partial charge in [0, 0.05) is 35.4 Å². The van der Waals surface area contributed by atoms with Crippen LogP contribution in [0.5, 0.6) is 0 Å². The number of thioether (sulfide) groups is 1. The van der Waals surface area contributed by atoms with Gasteiger partial charge in [-0.3, -0.25) is 4.79 Å². The highest BCUT2D eigenvalue weighted by Gasteiger charge is 2.33. The lowest BCUT2D eigenvalue weighted by molar-refractivity contribution is -0.245. The molecule has 0 saturated carbocycles. The van der Waals surface area contributed by atoms with Crippen molar-refractivity contribution >= 4 is 52.5 Å². The summed E-state index contributed by atoms with van der Waals surface area (Å²) in [6.45, 7) is 0.164. The fourth-order valence-corrected chi connectivity index (χ4v) is 7.22. The van der Waals surface area contributed by atoms with Gasteiger partial charge in [0.15, 0.2) is 12.1 Å². The number of alkyl halides is 3. The average molecular weight is 786 g/mol. The van der Waals surface area contributed by atoms with Gasteiger partial charge in [-0.1, -0.05) is 180 Å². The molecular formula is C42H35Cl3N2O5S. The highest BCUT2D eigenvalue weighted by molar-refractivity contribution is 7.99. The molecular weight excluding hydrogens is 751 g/mol. The van der Waals surface area contributed by atoms with Gasteiger partial charge in [0.05, 0.1) is 18.8 Å². The summed E-state index contributed by atoms with van der Waals surface area (Å²) in [6.07, 6.45) is -0.478. The fourth-order valence-electron chi connectivity index (χ4n) is 6.18. The third-order valence-corrected chi connectivity index (χ3v) is 10.4. The Morgan fingerprint density at radius 3 is 2.09 bits per heavy atom. The van der Waals surface area contributed by atoms with Gasteiger partial charge in [-0.05, 0) is 27.8 Å². The number of oxazole rings is 1. The Morgan fingerprint density at radius 1 is 0.774 bits per heavy atom. The molecule has 0 radical (unpaired) electrons. The Hall–Kier alpha value is -4.12. The van der Waals surface area contributed by atoms with Gasteiger partial charge in [0.1, 0.15) is 5.69 Å². The van der Waals surface area contributed by atoms with Crippen LogP contribution < -0.4 is 5.32 Å². The molecule has 270 valence electrons. The summed E-state index contributed by atoms with van der Waals surface area (Å²) < 4.78 is 17.6. The molecule has 1 aliphatic heterocycles. The van der Waals surface area contributed by atoms with Crippen molar-refractivity contribution in [3.05, 3.63) is 156 Å². The SMILES string of the molecule is O=C(NCc1ccccc1-c1ccc([C@@H]2O[C@H](CSc3nc(-c4ccccc4)c(-c4ccccc4)o3)C[C@H](c3ccc(CO)cc3)O2)cc1)C(Cl)(Cl)Cl. The molecule has 1 fully saturated rings. The number of ether oxygens (including phenoxy) is 2. The van der Waals surface area contributed by atoms with Crippen molar-refractivity contribution < 1.29 is 23.8 Å². The van der Waals surface area contributed by atoms with Gasteiger partial charge < -0.3 is 24.3 Å². The van der Waals surface area contributed by atoms with Crippen molar-refractivity contribution in [2.45, 2.75) is 47.1 Å². The van der Waals surface area contributed by atoms with E-state index in [1.165, 1.54) is 11.8 Å². The van der Waals surface area contributed by atoms with Crippen molar-refractivity contribution in [1.29, 1.82) is 0 Å². The van der Waals surface area contributed by atoms with Crippen molar-refractivity contribution in [3.8, 4) is 33.7 Å². The third kappa shape index (κ3) is 9.16. The predicted molar refractivity (Wildman–Crippen MR) is 211 cm³/mol. The quantitative estimate of drug-likeness (QED) is 0.0998. The monoisotopic (exact) mass is 784 g/mol. The summed E-state index contributed by atoms with van der Waals surface area (Å²) in [5.74, 6) is 0.615. The van der Waals surface area contributed by atoms with Gasteiger partial charge >= 0.3 is 0 Å². The fraction of sp³-hybridized carbons (Fsp3) is 0.190. The van der Waals surface area contributed by atoms with Crippen LogP contribution in [0.3, 0.4) is 0 Å². The van der Waals surface area contributed by atoms with Crippen LogP contribution in [0.4, 0.5) is 0 Å². The van der Waals surface area contributed by atoms with Crippen LogP contribution in [0.15, 0.2) is 143 Å². The number of halogens is 3. The van der Waals surface area contributed by atoms with Crippen LogP contribution in [0.25, 0.3) is 33.7 Å². The molecule has 53 heavy (non-hydrogen) atoms. The molecule has 0 unspecified atom stereocenters. The van der Waals surface area contributed by atoms with E-state index in [-0.39, 0.29) is 25.4 Å². The number of aromatic nitrogens is 1. The van der Waals surface area contributed by atoms with E-state index in [2.05, 4.69) is 5.32 Å². The molecule has 1 aromatic heterocycles. The molecule has 1 aliphatic rings. The van der Waals surface area contributed by atoms with Crippen LogP contribution in [0.2, 0.25) is 0 Å². The number of carbonyl (C=O) groups excluding carboxylic acids is 1. The van der Waals surface area contributed by atoms with Gasteiger partial charge in [-0.15, -0.1) is 0 Å². The minimum Gasteiger partial charge on any atom is -0.431 e. The molecule has 6 aromatic rings. The largest absolute Gasteiger partial charge is 0.431 e. The number of rotatable bonds is 11. The first kappa shape index (κ1) is 37.2. The van der Waals surface area contributed by atoms with E-state index >= 15 is 0 Å². The van der Waals surface area contributed by atoms with Crippen LogP contribution in [-0.2, 0) is 27.4 Å². The van der Waals surface area contributed by atoms with Crippen LogP contribution >= 0.6 is 46.6 Å². The highest BCUT2D eigenvalue weighted by Crippen LogP contribution is 2.41. The second kappa shape index (κ2) is 16.9. The molecule has 1 saturated heterocycles. The molecule has 0 spiro atoms. The molecule has 5 aromatic carbocycles. The Labute approximate surface area is 327 Å². The Bertz CT molecular complexity index is 2070.